The number of aromatic nitrogens is 2. The zero-order valence-corrected chi connectivity index (χ0v) is 19.4. The van der Waals surface area contributed by atoms with Gasteiger partial charge in [0.1, 0.15) is 29.7 Å². The molecule has 0 bridgehead atoms. The predicted molar refractivity (Wildman–Crippen MR) is 126 cm³/mol. The lowest BCUT2D eigenvalue weighted by Crippen LogP contribution is -2.29. The minimum atomic E-state index is -1.25. The highest BCUT2D eigenvalue weighted by molar-refractivity contribution is 5.60. The van der Waals surface area contributed by atoms with Crippen LogP contribution in [0.1, 0.15) is 12.8 Å². The highest BCUT2D eigenvalue weighted by atomic mass is 19.2. The Hall–Kier alpha value is -3.33. The van der Waals surface area contributed by atoms with Gasteiger partial charge in [0.25, 0.3) is 0 Å². The Kier molecular flexibility index (Phi) is 6.77. The monoisotopic (exact) mass is 484 g/mol. The van der Waals surface area contributed by atoms with Crippen LogP contribution in [0.15, 0.2) is 48.5 Å². The van der Waals surface area contributed by atoms with Crippen molar-refractivity contribution in [3.05, 3.63) is 66.0 Å². The van der Waals surface area contributed by atoms with E-state index in [2.05, 4.69) is 20.4 Å². The van der Waals surface area contributed by atoms with Gasteiger partial charge in [0.05, 0.1) is 12.8 Å². The number of anilines is 1. The summed E-state index contributed by atoms with van der Waals surface area (Å²) in [5.41, 5.74) is -0.157. The molecular weight excluding hydrogens is 457 g/mol. The topological polar surface area (TPSA) is 59.5 Å². The van der Waals surface area contributed by atoms with Crippen molar-refractivity contribution >= 4 is 5.82 Å². The number of nitrogens with one attached hydrogen (secondary N) is 1. The molecule has 3 aromatic rings. The van der Waals surface area contributed by atoms with Gasteiger partial charge in [0.15, 0.2) is 11.6 Å². The Morgan fingerprint density at radius 2 is 1.66 bits per heavy atom. The summed E-state index contributed by atoms with van der Waals surface area (Å²) < 4.78 is 52.0. The third kappa shape index (κ3) is 5.35. The van der Waals surface area contributed by atoms with Crippen molar-refractivity contribution in [2.24, 2.45) is 11.8 Å². The third-order valence-corrected chi connectivity index (χ3v) is 6.85. The zero-order chi connectivity index (χ0) is 24.4. The van der Waals surface area contributed by atoms with Crippen LogP contribution in [0, 0.1) is 29.3 Å². The second kappa shape index (κ2) is 10.1. The summed E-state index contributed by atoms with van der Waals surface area (Å²) in [6.07, 6.45) is 2.07. The summed E-state index contributed by atoms with van der Waals surface area (Å²) in [7, 11) is 1.64. The van der Waals surface area contributed by atoms with Crippen molar-refractivity contribution in [2.75, 3.05) is 38.7 Å². The number of benzene rings is 2. The molecule has 0 amide bonds. The molecule has 5 rings (SSSR count). The Bertz CT molecular complexity index is 1150. The smallest absolute Gasteiger partial charge is 0.168 e. The molecular formula is C26H27F3N4O2. The minimum Gasteiger partial charge on any atom is -0.497 e. The Balaban J connectivity index is 1.09. The first-order valence-electron chi connectivity index (χ1n) is 11.7. The molecule has 1 aromatic heterocycles. The number of ether oxygens (including phenoxy) is 2. The molecule has 9 heteroatoms. The molecule has 1 aliphatic heterocycles. The van der Waals surface area contributed by atoms with E-state index in [4.69, 9.17) is 9.47 Å². The fraction of sp³-hybridized carbons (Fsp3) is 0.385. The average Bonchev–Trinajstić information content (AvgIpc) is 3.40. The Labute approximate surface area is 202 Å². The second-order valence-electron chi connectivity index (χ2n) is 9.17. The standard InChI is InChI=1S/C26H27F3N4O2/c1-34-20-2-4-21(5-3-20)35-9-8-33-14-16-10-19(11-17(16)15-33)30-25-7-6-24(31-32-25)22-12-18(27)13-23(28)26(22)29/h2-7,12-13,16-17,19H,8-11,14-15H2,1H3,(H,30,32)/t16-,17+,19-. The quantitative estimate of drug-likeness (QED) is 0.465. The van der Waals surface area contributed by atoms with Gasteiger partial charge in [-0.25, -0.2) is 13.2 Å². The molecule has 0 unspecified atom stereocenters. The molecule has 2 heterocycles. The first kappa shape index (κ1) is 23.4. The molecule has 6 nitrogen and oxygen atoms in total. The number of likely N-dealkylation sites (tertiary alicyclic amines) is 1. The van der Waals surface area contributed by atoms with Crippen molar-refractivity contribution < 1.29 is 22.6 Å². The predicted octanol–water partition coefficient (Wildman–Crippen LogP) is 4.77. The van der Waals surface area contributed by atoms with Gasteiger partial charge in [-0.1, -0.05) is 0 Å². The highest BCUT2D eigenvalue weighted by Gasteiger charge is 2.40. The highest BCUT2D eigenvalue weighted by Crippen LogP contribution is 2.39. The normalized spacial score (nSPS) is 21.7. The van der Waals surface area contributed by atoms with Gasteiger partial charge in [0.2, 0.25) is 0 Å². The number of hydrogen-bond donors (Lipinski definition) is 1. The summed E-state index contributed by atoms with van der Waals surface area (Å²) in [4.78, 5) is 2.45. The van der Waals surface area contributed by atoms with Crippen molar-refractivity contribution in [3.8, 4) is 22.8 Å². The van der Waals surface area contributed by atoms with Gasteiger partial charge >= 0.3 is 0 Å². The number of fused-ring (bicyclic) bond motifs is 1. The molecule has 35 heavy (non-hydrogen) atoms. The number of rotatable bonds is 8. The lowest BCUT2D eigenvalue weighted by molar-refractivity contribution is 0.226. The fourth-order valence-corrected chi connectivity index (χ4v) is 5.17. The van der Waals surface area contributed by atoms with Crippen LogP contribution in [0.5, 0.6) is 11.5 Å². The molecule has 2 fully saturated rings. The molecule has 0 spiro atoms. The van der Waals surface area contributed by atoms with Crippen molar-refractivity contribution in [1.29, 1.82) is 0 Å². The summed E-state index contributed by atoms with van der Waals surface area (Å²) in [5, 5.41) is 11.5. The van der Waals surface area contributed by atoms with Gasteiger partial charge in [-0.15, -0.1) is 10.2 Å². The number of methoxy groups -OCH3 is 1. The van der Waals surface area contributed by atoms with Gasteiger partial charge in [-0.05, 0) is 67.1 Å². The van der Waals surface area contributed by atoms with Crippen LogP contribution in [0.4, 0.5) is 19.0 Å². The molecule has 1 saturated heterocycles. The van der Waals surface area contributed by atoms with E-state index >= 15 is 0 Å². The van der Waals surface area contributed by atoms with E-state index in [0.29, 0.717) is 30.3 Å². The van der Waals surface area contributed by atoms with Crippen LogP contribution in [0.2, 0.25) is 0 Å². The molecule has 2 aromatic carbocycles. The largest absolute Gasteiger partial charge is 0.497 e. The average molecular weight is 485 g/mol. The molecule has 3 atom stereocenters. The minimum absolute atomic E-state index is 0.0854. The van der Waals surface area contributed by atoms with Crippen molar-refractivity contribution in [3.63, 3.8) is 0 Å². The maximum atomic E-state index is 14.0. The van der Waals surface area contributed by atoms with Gasteiger partial charge in [-0.3, -0.25) is 4.90 Å². The molecule has 1 N–H and O–H groups in total. The van der Waals surface area contributed by atoms with E-state index in [1.54, 1.807) is 13.2 Å². The van der Waals surface area contributed by atoms with Crippen LogP contribution in [0.25, 0.3) is 11.3 Å². The summed E-state index contributed by atoms with van der Waals surface area (Å²) in [5.74, 6) is 0.210. The maximum absolute atomic E-state index is 14.0. The molecule has 184 valence electrons. The first-order chi connectivity index (χ1) is 17.0. The first-order valence-corrected chi connectivity index (χ1v) is 11.7. The van der Waals surface area contributed by atoms with Crippen LogP contribution < -0.4 is 14.8 Å². The van der Waals surface area contributed by atoms with E-state index in [9.17, 15) is 13.2 Å². The van der Waals surface area contributed by atoms with E-state index < -0.39 is 17.5 Å². The van der Waals surface area contributed by atoms with E-state index in [1.807, 2.05) is 24.3 Å². The molecule has 1 saturated carbocycles. The Morgan fingerprint density at radius 3 is 2.31 bits per heavy atom. The molecule has 2 aliphatic rings. The van der Waals surface area contributed by atoms with Crippen LogP contribution >= 0.6 is 0 Å². The lowest BCUT2D eigenvalue weighted by Gasteiger charge is -2.20. The van der Waals surface area contributed by atoms with E-state index in [-0.39, 0.29) is 17.3 Å². The van der Waals surface area contributed by atoms with Gasteiger partial charge < -0.3 is 14.8 Å². The van der Waals surface area contributed by atoms with E-state index in [1.165, 1.54) is 6.07 Å². The third-order valence-electron chi connectivity index (χ3n) is 6.85. The number of nitrogens with zero attached hydrogens (tertiary/aromatic N) is 3. The molecule has 1 aliphatic carbocycles. The van der Waals surface area contributed by atoms with Crippen LogP contribution in [0.3, 0.4) is 0 Å². The molecule has 0 radical (unpaired) electrons. The fourth-order valence-electron chi connectivity index (χ4n) is 5.17. The van der Waals surface area contributed by atoms with Gasteiger partial charge in [-0.2, -0.15) is 0 Å². The Morgan fingerprint density at radius 1 is 0.943 bits per heavy atom. The number of hydrogen-bond acceptors (Lipinski definition) is 6. The summed E-state index contributed by atoms with van der Waals surface area (Å²) in [6, 6.07) is 12.5. The lowest BCUT2D eigenvalue weighted by atomic mass is 10.0. The van der Waals surface area contributed by atoms with Crippen LogP contribution in [-0.2, 0) is 0 Å². The maximum Gasteiger partial charge on any atom is 0.168 e. The summed E-state index contributed by atoms with van der Waals surface area (Å²) in [6.45, 7) is 3.63. The SMILES string of the molecule is COc1ccc(OCCN2C[C@H]3C[C@@H](Nc4ccc(-c5cc(F)cc(F)c5F)nn4)C[C@H]3C2)cc1. The zero-order valence-electron chi connectivity index (χ0n) is 19.4. The van der Waals surface area contributed by atoms with Gasteiger partial charge in [0, 0.05) is 37.3 Å². The second-order valence-corrected chi connectivity index (χ2v) is 9.17. The summed E-state index contributed by atoms with van der Waals surface area (Å²) >= 11 is 0. The van der Waals surface area contributed by atoms with Crippen molar-refractivity contribution in [1.82, 2.24) is 15.1 Å². The van der Waals surface area contributed by atoms with Crippen molar-refractivity contribution in [2.45, 2.75) is 18.9 Å². The van der Waals surface area contributed by atoms with E-state index in [0.717, 1.165) is 50.0 Å². The van der Waals surface area contributed by atoms with Crippen LogP contribution in [-0.4, -0.2) is 54.5 Å². The number of halogens is 3.